The third-order valence-electron chi connectivity index (χ3n) is 4.72. The summed E-state index contributed by atoms with van der Waals surface area (Å²) in [5.74, 6) is 0.799. The Hall–Kier alpha value is -0.900. The second kappa shape index (κ2) is 6.51. The fraction of sp³-hybridized carbons (Fsp3) is 0.867. The number of piperidine rings is 1. The van der Waals surface area contributed by atoms with Gasteiger partial charge in [-0.15, -0.1) is 0 Å². The molecule has 0 aromatic rings. The van der Waals surface area contributed by atoms with Gasteiger partial charge in [-0.1, -0.05) is 6.42 Å². The molecule has 4 heteroatoms. The van der Waals surface area contributed by atoms with Crippen molar-refractivity contribution in [3.8, 4) is 0 Å². The topological polar surface area (TPSA) is 40.6 Å². The number of likely N-dealkylation sites (tertiary alicyclic amines) is 1. The molecule has 1 saturated carbocycles. The molecule has 2 fully saturated rings. The molecule has 1 aliphatic heterocycles. The van der Waals surface area contributed by atoms with Gasteiger partial charge in [-0.3, -0.25) is 14.5 Å². The fourth-order valence-corrected chi connectivity index (χ4v) is 3.39. The molecule has 1 aliphatic carbocycles. The Bertz CT molecular complexity index is 343. The molecule has 108 valence electrons. The van der Waals surface area contributed by atoms with Gasteiger partial charge >= 0.3 is 0 Å². The lowest BCUT2D eigenvalue weighted by Gasteiger charge is -2.38. The Morgan fingerprint density at radius 2 is 2.11 bits per heavy atom. The molecular formula is C15H26N2O2. The van der Waals surface area contributed by atoms with Crippen molar-refractivity contribution in [1.82, 2.24) is 9.80 Å². The zero-order chi connectivity index (χ0) is 13.8. The van der Waals surface area contributed by atoms with Crippen molar-refractivity contribution in [2.45, 2.75) is 51.5 Å². The number of amides is 1. The monoisotopic (exact) mass is 266 g/mol. The Morgan fingerprint density at radius 1 is 1.32 bits per heavy atom. The smallest absolute Gasteiger partial charge is 0.236 e. The van der Waals surface area contributed by atoms with Gasteiger partial charge in [0.25, 0.3) is 0 Å². The molecule has 1 heterocycles. The molecule has 0 bridgehead atoms. The van der Waals surface area contributed by atoms with Crippen LogP contribution in [0.25, 0.3) is 0 Å². The highest BCUT2D eigenvalue weighted by atomic mass is 16.2. The van der Waals surface area contributed by atoms with E-state index in [9.17, 15) is 9.59 Å². The van der Waals surface area contributed by atoms with Gasteiger partial charge in [0.1, 0.15) is 5.78 Å². The lowest BCUT2D eigenvalue weighted by molar-refractivity contribution is -0.133. The van der Waals surface area contributed by atoms with Gasteiger partial charge in [0.05, 0.1) is 6.54 Å². The number of hydrogen-bond acceptors (Lipinski definition) is 3. The number of ketones is 1. The van der Waals surface area contributed by atoms with E-state index in [4.69, 9.17) is 0 Å². The normalized spacial score (nSPS) is 28.6. The Morgan fingerprint density at radius 3 is 2.74 bits per heavy atom. The minimum Gasteiger partial charge on any atom is -0.345 e. The van der Waals surface area contributed by atoms with Crippen LogP contribution >= 0.6 is 0 Å². The summed E-state index contributed by atoms with van der Waals surface area (Å²) in [6.07, 6.45) is 6.25. The van der Waals surface area contributed by atoms with Crippen LogP contribution in [0.4, 0.5) is 0 Å². The molecule has 2 rings (SSSR count). The van der Waals surface area contributed by atoms with E-state index >= 15 is 0 Å². The fourth-order valence-electron chi connectivity index (χ4n) is 3.39. The van der Waals surface area contributed by atoms with Gasteiger partial charge in [-0.2, -0.15) is 0 Å². The van der Waals surface area contributed by atoms with Gasteiger partial charge in [-0.25, -0.2) is 0 Å². The van der Waals surface area contributed by atoms with Gasteiger partial charge < -0.3 is 4.90 Å². The quantitative estimate of drug-likeness (QED) is 0.777. The van der Waals surface area contributed by atoms with E-state index in [0.717, 1.165) is 45.2 Å². The Labute approximate surface area is 116 Å². The van der Waals surface area contributed by atoms with Gasteiger partial charge in [0.2, 0.25) is 5.91 Å². The minimum atomic E-state index is 0.180. The van der Waals surface area contributed by atoms with Crippen molar-refractivity contribution in [2.75, 3.05) is 26.7 Å². The van der Waals surface area contributed by atoms with Crippen molar-refractivity contribution in [2.24, 2.45) is 5.92 Å². The zero-order valence-corrected chi connectivity index (χ0v) is 12.2. The van der Waals surface area contributed by atoms with E-state index in [2.05, 4.69) is 4.90 Å². The highest BCUT2D eigenvalue weighted by Gasteiger charge is 2.37. The number of carbonyl (C=O) groups excluding carboxylic acids is 2. The summed E-state index contributed by atoms with van der Waals surface area (Å²) in [5.41, 5.74) is 0. The van der Waals surface area contributed by atoms with Gasteiger partial charge in [-0.05, 0) is 39.2 Å². The van der Waals surface area contributed by atoms with E-state index in [1.165, 1.54) is 6.42 Å². The zero-order valence-electron chi connectivity index (χ0n) is 12.2. The minimum absolute atomic E-state index is 0.180. The number of hydrogen-bond donors (Lipinski definition) is 0. The first kappa shape index (κ1) is 14.5. The molecule has 0 N–H and O–H groups in total. The first-order valence-electron chi connectivity index (χ1n) is 7.64. The molecule has 2 atom stereocenters. The Kier molecular flexibility index (Phi) is 4.97. The van der Waals surface area contributed by atoms with Gasteiger partial charge in [0, 0.05) is 32.0 Å². The summed E-state index contributed by atoms with van der Waals surface area (Å²) < 4.78 is 0. The standard InChI is InChI=1S/C15H26N2O2/c1-3-16(2)15(19)11-17-10-5-4-8-13(17)12-7-6-9-14(12)18/h12-13H,3-11H2,1-2H3. The number of rotatable bonds is 4. The maximum Gasteiger partial charge on any atom is 0.236 e. The largest absolute Gasteiger partial charge is 0.345 e. The first-order chi connectivity index (χ1) is 9.13. The molecule has 1 amide bonds. The van der Waals surface area contributed by atoms with Crippen LogP contribution in [0.1, 0.15) is 45.4 Å². The van der Waals surface area contributed by atoms with E-state index in [-0.39, 0.29) is 11.8 Å². The third-order valence-corrected chi connectivity index (χ3v) is 4.72. The number of Topliss-reactive ketones (excluding diaryl/α,β-unsaturated/α-hetero) is 1. The second-order valence-corrected chi connectivity index (χ2v) is 5.91. The molecule has 2 unspecified atom stereocenters. The molecule has 1 saturated heterocycles. The molecule has 0 spiro atoms. The van der Waals surface area contributed by atoms with Crippen LogP contribution in [0.2, 0.25) is 0 Å². The van der Waals surface area contributed by atoms with Crippen LogP contribution in [-0.2, 0) is 9.59 Å². The predicted molar refractivity (Wildman–Crippen MR) is 74.9 cm³/mol. The maximum atomic E-state index is 12.1. The van der Waals surface area contributed by atoms with Crippen LogP contribution in [0.5, 0.6) is 0 Å². The lowest BCUT2D eigenvalue weighted by atomic mass is 9.88. The van der Waals surface area contributed by atoms with Crippen LogP contribution < -0.4 is 0 Å². The average Bonchev–Trinajstić information content (AvgIpc) is 2.84. The molecule has 4 nitrogen and oxygen atoms in total. The summed E-state index contributed by atoms with van der Waals surface area (Å²) in [5, 5.41) is 0. The van der Waals surface area contributed by atoms with E-state index in [1.54, 1.807) is 4.90 Å². The number of likely N-dealkylation sites (N-methyl/N-ethyl adjacent to an activating group) is 1. The van der Waals surface area contributed by atoms with Crippen molar-refractivity contribution in [3.63, 3.8) is 0 Å². The van der Waals surface area contributed by atoms with E-state index in [0.29, 0.717) is 18.4 Å². The molecular weight excluding hydrogens is 240 g/mol. The SMILES string of the molecule is CCN(C)C(=O)CN1CCCCC1C1CCCC1=O. The van der Waals surface area contributed by atoms with Crippen LogP contribution in [0.15, 0.2) is 0 Å². The van der Waals surface area contributed by atoms with E-state index < -0.39 is 0 Å². The summed E-state index contributed by atoms with van der Waals surface area (Å²) in [4.78, 5) is 28.1. The third kappa shape index (κ3) is 3.35. The van der Waals surface area contributed by atoms with Crippen molar-refractivity contribution < 1.29 is 9.59 Å². The van der Waals surface area contributed by atoms with Crippen molar-refractivity contribution >= 4 is 11.7 Å². The number of nitrogens with zero attached hydrogens (tertiary/aromatic N) is 2. The molecule has 0 aromatic heterocycles. The molecule has 19 heavy (non-hydrogen) atoms. The summed E-state index contributed by atoms with van der Waals surface area (Å²) >= 11 is 0. The highest BCUT2D eigenvalue weighted by molar-refractivity contribution is 5.84. The number of carbonyl (C=O) groups is 2. The van der Waals surface area contributed by atoms with Crippen LogP contribution in [0, 0.1) is 5.92 Å². The van der Waals surface area contributed by atoms with Gasteiger partial charge in [0.15, 0.2) is 0 Å². The summed E-state index contributed by atoms with van der Waals surface area (Å²) in [6, 6.07) is 0.318. The summed E-state index contributed by atoms with van der Waals surface area (Å²) in [7, 11) is 1.85. The van der Waals surface area contributed by atoms with Crippen molar-refractivity contribution in [1.29, 1.82) is 0 Å². The molecule has 0 radical (unpaired) electrons. The van der Waals surface area contributed by atoms with Crippen LogP contribution in [-0.4, -0.2) is 54.2 Å². The lowest BCUT2D eigenvalue weighted by Crippen LogP contribution is -2.49. The predicted octanol–water partition coefficient (Wildman–Crippen LogP) is 1.69. The molecule has 2 aliphatic rings. The Balaban J connectivity index is 1.99. The molecule has 0 aromatic carbocycles. The average molecular weight is 266 g/mol. The van der Waals surface area contributed by atoms with E-state index in [1.807, 2.05) is 14.0 Å². The van der Waals surface area contributed by atoms with Crippen LogP contribution in [0.3, 0.4) is 0 Å². The maximum absolute atomic E-state index is 12.1. The highest BCUT2D eigenvalue weighted by Crippen LogP contribution is 2.32. The second-order valence-electron chi connectivity index (χ2n) is 5.91. The van der Waals surface area contributed by atoms with Crippen molar-refractivity contribution in [3.05, 3.63) is 0 Å². The summed E-state index contributed by atoms with van der Waals surface area (Å²) in [6.45, 7) is 4.20. The first-order valence-corrected chi connectivity index (χ1v) is 7.64.